The van der Waals surface area contributed by atoms with Gasteiger partial charge in [-0.2, -0.15) is 0 Å². The van der Waals surface area contributed by atoms with Crippen LogP contribution in [0.4, 0.5) is 0 Å². The third-order valence-corrected chi connectivity index (χ3v) is 1.28. The molecule has 3 nitrogen and oxygen atoms in total. The van der Waals surface area contributed by atoms with E-state index < -0.39 is 5.60 Å². The lowest BCUT2D eigenvalue weighted by atomic mass is 10.2. The van der Waals surface area contributed by atoms with Crippen molar-refractivity contribution < 1.29 is 14.3 Å². The van der Waals surface area contributed by atoms with Crippen molar-refractivity contribution in [1.29, 1.82) is 0 Å². The first-order chi connectivity index (χ1) is 5.35. The van der Waals surface area contributed by atoms with Gasteiger partial charge in [0.2, 0.25) is 0 Å². The van der Waals surface area contributed by atoms with Gasteiger partial charge in [0.25, 0.3) is 0 Å². The number of hydrogen-bond acceptors (Lipinski definition) is 3. The van der Waals surface area contributed by atoms with E-state index in [1.807, 2.05) is 27.7 Å². The topological polar surface area (TPSA) is 35.5 Å². The van der Waals surface area contributed by atoms with Gasteiger partial charge in [0, 0.05) is 7.11 Å². The van der Waals surface area contributed by atoms with Crippen molar-refractivity contribution in [3.63, 3.8) is 0 Å². The van der Waals surface area contributed by atoms with Crippen molar-refractivity contribution in [2.24, 2.45) is 0 Å². The second-order valence-corrected chi connectivity index (χ2v) is 3.84. The molecule has 0 aliphatic rings. The van der Waals surface area contributed by atoms with Crippen LogP contribution in [-0.2, 0) is 14.3 Å². The van der Waals surface area contributed by atoms with Gasteiger partial charge in [-0.25, -0.2) is 0 Å². The maximum Gasteiger partial charge on any atom is 0.308 e. The quantitative estimate of drug-likeness (QED) is 0.611. The van der Waals surface area contributed by atoms with E-state index in [9.17, 15) is 4.79 Å². The lowest BCUT2D eigenvalue weighted by Gasteiger charge is -2.20. The van der Waals surface area contributed by atoms with Crippen LogP contribution in [-0.4, -0.2) is 24.8 Å². The Labute approximate surface area is 74.0 Å². The van der Waals surface area contributed by atoms with Crippen molar-refractivity contribution in [1.82, 2.24) is 0 Å². The molecule has 12 heavy (non-hydrogen) atoms. The highest BCUT2D eigenvalue weighted by molar-refractivity contribution is 5.70. The molecular formula is C9H18O3. The van der Waals surface area contributed by atoms with Crippen LogP contribution in [0.5, 0.6) is 0 Å². The van der Waals surface area contributed by atoms with Crippen LogP contribution in [0.15, 0.2) is 0 Å². The Balaban J connectivity index is 3.75. The number of rotatable bonds is 3. The molecule has 0 aliphatic carbocycles. The molecule has 0 amide bonds. The van der Waals surface area contributed by atoms with E-state index in [1.165, 1.54) is 0 Å². The summed E-state index contributed by atoms with van der Waals surface area (Å²) < 4.78 is 10.0. The predicted molar refractivity (Wildman–Crippen MR) is 46.9 cm³/mol. The average molecular weight is 174 g/mol. The molecule has 72 valence electrons. The molecule has 0 N–H and O–H groups in total. The van der Waals surface area contributed by atoms with E-state index >= 15 is 0 Å². The maximum absolute atomic E-state index is 11.1. The van der Waals surface area contributed by atoms with Crippen molar-refractivity contribution >= 4 is 5.97 Å². The fourth-order valence-corrected chi connectivity index (χ4v) is 0.701. The molecule has 0 saturated heterocycles. The zero-order valence-corrected chi connectivity index (χ0v) is 8.51. The Morgan fingerprint density at radius 2 is 1.92 bits per heavy atom. The fraction of sp³-hybridized carbons (Fsp3) is 0.889. The number of ether oxygens (including phenoxy) is 2. The van der Waals surface area contributed by atoms with E-state index in [4.69, 9.17) is 9.47 Å². The minimum absolute atomic E-state index is 0.0696. The van der Waals surface area contributed by atoms with E-state index in [0.29, 0.717) is 6.42 Å². The molecule has 0 fully saturated rings. The van der Waals surface area contributed by atoms with Gasteiger partial charge in [-0.3, -0.25) is 4.79 Å². The minimum Gasteiger partial charge on any atom is -0.460 e. The van der Waals surface area contributed by atoms with Crippen molar-refractivity contribution in [2.45, 2.75) is 45.8 Å². The van der Waals surface area contributed by atoms with Crippen LogP contribution in [0.1, 0.15) is 34.1 Å². The van der Waals surface area contributed by atoms with Gasteiger partial charge in [-0.1, -0.05) is 0 Å². The summed E-state index contributed by atoms with van der Waals surface area (Å²) in [5, 5.41) is 0. The molecule has 1 atom stereocenters. The summed E-state index contributed by atoms with van der Waals surface area (Å²) in [6.07, 6.45) is 0.244. The van der Waals surface area contributed by atoms with Gasteiger partial charge in [0.15, 0.2) is 0 Å². The first-order valence-electron chi connectivity index (χ1n) is 4.10. The van der Waals surface area contributed by atoms with Crippen LogP contribution in [0.25, 0.3) is 0 Å². The Hall–Kier alpha value is -0.570. The number of carbonyl (C=O) groups excluding carboxylic acids is 1. The summed E-state index contributed by atoms with van der Waals surface area (Å²) >= 11 is 0. The van der Waals surface area contributed by atoms with Gasteiger partial charge < -0.3 is 9.47 Å². The van der Waals surface area contributed by atoms with E-state index in [0.717, 1.165) is 0 Å². The molecule has 0 bridgehead atoms. The standard InChI is InChI=1S/C9H18O3/c1-7(11-5)6-8(10)12-9(2,3)4/h7H,6H2,1-5H3. The summed E-state index contributed by atoms with van der Waals surface area (Å²) in [6, 6.07) is 0. The van der Waals surface area contributed by atoms with Crippen LogP contribution in [0.2, 0.25) is 0 Å². The summed E-state index contributed by atoms with van der Waals surface area (Å²) in [4.78, 5) is 11.1. The van der Waals surface area contributed by atoms with Gasteiger partial charge in [-0.15, -0.1) is 0 Å². The molecule has 0 spiro atoms. The van der Waals surface area contributed by atoms with Crippen LogP contribution in [0.3, 0.4) is 0 Å². The van der Waals surface area contributed by atoms with Crippen molar-refractivity contribution in [3.8, 4) is 0 Å². The zero-order chi connectivity index (χ0) is 9.78. The minimum atomic E-state index is -0.398. The summed E-state index contributed by atoms with van der Waals surface area (Å²) in [5.74, 6) is -0.211. The average Bonchev–Trinajstić information content (AvgIpc) is 1.82. The third-order valence-electron chi connectivity index (χ3n) is 1.28. The highest BCUT2D eigenvalue weighted by Gasteiger charge is 2.17. The van der Waals surface area contributed by atoms with Crippen LogP contribution < -0.4 is 0 Å². The Morgan fingerprint density at radius 3 is 2.25 bits per heavy atom. The second kappa shape index (κ2) is 4.45. The normalized spacial score (nSPS) is 14.1. The van der Waals surface area contributed by atoms with Gasteiger partial charge >= 0.3 is 5.97 Å². The summed E-state index contributed by atoms with van der Waals surface area (Å²) in [7, 11) is 1.58. The van der Waals surface area contributed by atoms with E-state index in [1.54, 1.807) is 7.11 Å². The number of methoxy groups -OCH3 is 1. The van der Waals surface area contributed by atoms with E-state index in [2.05, 4.69) is 0 Å². The van der Waals surface area contributed by atoms with Crippen LogP contribution in [0, 0.1) is 0 Å². The Kier molecular flexibility index (Phi) is 4.24. The Bertz CT molecular complexity index is 146. The molecule has 0 aliphatic heterocycles. The lowest BCUT2D eigenvalue weighted by Crippen LogP contribution is -2.26. The molecule has 1 unspecified atom stereocenters. The fourth-order valence-electron chi connectivity index (χ4n) is 0.701. The molecular weight excluding hydrogens is 156 g/mol. The summed E-state index contributed by atoms with van der Waals surface area (Å²) in [5.41, 5.74) is -0.398. The van der Waals surface area contributed by atoms with Crippen molar-refractivity contribution in [2.75, 3.05) is 7.11 Å². The largest absolute Gasteiger partial charge is 0.460 e. The lowest BCUT2D eigenvalue weighted by molar-refractivity contribution is -0.157. The molecule has 0 radical (unpaired) electrons. The number of carbonyl (C=O) groups is 1. The third kappa shape index (κ3) is 6.16. The second-order valence-electron chi connectivity index (χ2n) is 3.84. The highest BCUT2D eigenvalue weighted by Crippen LogP contribution is 2.09. The number of esters is 1. The number of hydrogen-bond donors (Lipinski definition) is 0. The molecule has 0 rings (SSSR count). The van der Waals surface area contributed by atoms with E-state index in [-0.39, 0.29) is 12.1 Å². The predicted octanol–water partition coefficient (Wildman–Crippen LogP) is 1.75. The van der Waals surface area contributed by atoms with Gasteiger partial charge in [-0.05, 0) is 27.7 Å². The maximum atomic E-state index is 11.1. The molecule has 0 aromatic rings. The zero-order valence-electron chi connectivity index (χ0n) is 8.51. The molecule has 3 heteroatoms. The molecule has 0 aromatic carbocycles. The molecule has 0 saturated carbocycles. The smallest absolute Gasteiger partial charge is 0.308 e. The first kappa shape index (κ1) is 11.4. The highest BCUT2D eigenvalue weighted by atomic mass is 16.6. The van der Waals surface area contributed by atoms with Crippen molar-refractivity contribution in [3.05, 3.63) is 0 Å². The molecule has 0 aromatic heterocycles. The monoisotopic (exact) mass is 174 g/mol. The van der Waals surface area contributed by atoms with Gasteiger partial charge in [0.1, 0.15) is 5.60 Å². The summed E-state index contributed by atoms with van der Waals surface area (Å²) in [6.45, 7) is 7.39. The molecule has 0 heterocycles. The SMILES string of the molecule is COC(C)CC(=O)OC(C)(C)C. The Morgan fingerprint density at radius 1 is 1.42 bits per heavy atom. The van der Waals surface area contributed by atoms with Gasteiger partial charge in [0.05, 0.1) is 12.5 Å². The van der Waals surface area contributed by atoms with Crippen LogP contribution >= 0.6 is 0 Å². The first-order valence-corrected chi connectivity index (χ1v) is 4.10.